The van der Waals surface area contributed by atoms with E-state index in [-0.39, 0.29) is 23.6 Å². The van der Waals surface area contributed by atoms with Crippen molar-refractivity contribution in [3.05, 3.63) is 88.8 Å². The van der Waals surface area contributed by atoms with Crippen molar-refractivity contribution in [3.63, 3.8) is 0 Å². The third kappa shape index (κ3) is 5.00. The van der Waals surface area contributed by atoms with Crippen LogP contribution in [0.5, 0.6) is 0 Å². The summed E-state index contributed by atoms with van der Waals surface area (Å²) in [7, 11) is 0. The van der Waals surface area contributed by atoms with Crippen LogP contribution in [-0.4, -0.2) is 64.5 Å². The van der Waals surface area contributed by atoms with Gasteiger partial charge in [0.1, 0.15) is 0 Å². The highest BCUT2D eigenvalue weighted by Crippen LogP contribution is 2.33. The average molecular weight is 448 g/mol. The lowest BCUT2D eigenvalue weighted by Crippen LogP contribution is -2.48. The third-order valence-corrected chi connectivity index (χ3v) is 6.47. The van der Waals surface area contributed by atoms with Gasteiger partial charge in [-0.25, -0.2) is 0 Å². The van der Waals surface area contributed by atoms with E-state index in [9.17, 15) is 14.4 Å². The Morgan fingerprint density at radius 3 is 2.31 bits per heavy atom. The quantitative estimate of drug-likeness (QED) is 0.497. The monoisotopic (exact) mass is 447 g/mol. The second kappa shape index (κ2) is 9.97. The van der Waals surface area contributed by atoms with Gasteiger partial charge in [0.2, 0.25) is 0 Å². The van der Waals surface area contributed by atoms with Crippen LogP contribution in [-0.2, 0) is 11.3 Å². The zero-order valence-electron chi connectivity index (χ0n) is 17.8. The van der Waals surface area contributed by atoms with E-state index in [0.717, 1.165) is 42.5 Å². The first-order valence-electron chi connectivity index (χ1n) is 10.6. The van der Waals surface area contributed by atoms with Crippen molar-refractivity contribution in [2.24, 2.45) is 0 Å². The van der Waals surface area contributed by atoms with Gasteiger partial charge in [-0.2, -0.15) is 0 Å². The summed E-state index contributed by atoms with van der Waals surface area (Å²) >= 11 is 0.945. The molecule has 4 rings (SSSR count). The van der Waals surface area contributed by atoms with Crippen LogP contribution in [0.2, 0.25) is 0 Å². The predicted molar refractivity (Wildman–Crippen MR) is 127 cm³/mol. The van der Waals surface area contributed by atoms with Gasteiger partial charge in [-0.05, 0) is 41.1 Å². The molecule has 0 aliphatic carbocycles. The first-order chi connectivity index (χ1) is 15.5. The topological polar surface area (TPSA) is 60.9 Å². The number of thioether (sulfide) groups is 1. The van der Waals surface area contributed by atoms with Gasteiger partial charge < -0.3 is 4.90 Å². The third-order valence-electron chi connectivity index (χ3n) is 5.56. The highest BCUT2D eigenvalue weighted by Gasteiger charge is 2.35. The minimum atomic E-state index is -0.290. The molecule has 3 amide bonds. The van der Waals surface area contributed by atoms with Crippen LogP contribution in [0, 0.1) is 0 Å². The van der Waals surface area contributed by atoms with E-state index in [2.05, 4.69) is 11.5 Å². The SMILES string of the molecule is C=CCN1CCN(C(=O)c2ccc(C=C3SC(=O)N(Cc4ccccc4)C3=O)cc2)CC1. The van der Waals surface area contributed by atoms with Crippen LogP contribution in [0.4, 0.5) is 4.79 Å². The standard InChI is InChI=1S/C25H25N3O3S/c1-2-12-26-13-15-27(16-14-26)23(29)21-10-8-19(9-11-21)17-22-24(30)28(25(31)32-22)18-20-6-4-3-5-7-20/h2-11,17H,1,12-16,18H2. The van der Waals surface area contributed by atoms with E-state index >= 15 is 0 Å². The van der Waals surface area contributed by atoms with Gasteiger partial charge in [0, 0.05) is 38.3 Å². The van der Waals surface area contributed by atoms with Gasteiger partial charge in [0.25, 0.3) is 17.1 Å². The molecular weight excluding hydrogens is 422 g/mol. The summed E-state index contributed by atoms with van der Waals surface area (Å²) in [5, 5.41) is -0.271. The van der Waals surface area contributed by atoms with Crippen LogP contribution < -0.4 is 0 Å². The summed E-state index contributed by atoms with van der Waals surface area (Å²) in [5.74, 6) is -0.278. The Hall–Kier alpha value is -3.16. The number of amides is 3. The highest BCUT2D eigenvalue weighted by atomic mass is 32.2. The lowest BCUT2D eigenvalue weighted by Gasteiger charge is -2.34. The number of benzene rings is 2. The second-order valence-corrected chi connectivity index (χ2v) is 8.75. The van der Waals surface area contributed by atoms with Crippen molar-refractivity contribution in [1.82, 2.24) is 14.7 Å². The second-order valence-electron chi connectivity index (χ2n) is 7.76. The summed E-state index contributed by atoms with van der Waals surface area (Å²) in [5.41, 5.74) is 2.31. The van der Waals surface area contributed by atoms with Gasteiger partial charge in [0.05, 0.1) is 11.4 Å². The summed E-state index contributed by atoms with van der Waals surface area (Å²) in [4.78, 5) is 43.6. The fourth-order valence-electron chi connectivity index (χ4n) is 3.77. The molecular formula is C25H25N3O3S. The maximum absolute atomic E-state index is 12.8. The molecule has 0 unspecified atom stereocenters. The molecule has 0 bridgehead atoms. The van der Waals surface area contributed by atoms with Gasteiger partial charge in [-0.3, -0.25) is 24.2 Å². The number of carbonyl (C=O) groups excluding carboxylic acids is 3. The van der Waals surface area contributed by atoms with Gasteiger partial charge in [-0.1, -0.05) is 48.5 Å². The molecule has 2 aliphatic heterocycles. The van der Waals surface area contributed by atoms with Crippen LogP contribution in [0.25, 0.3) is 6.08 Å². The molecule has 2 saturated heterocycles. The molecule has 6 nitrogen and oxygen atoms in total. The van der Waals surface area contributed by atoms with E-state index in [0.29, 0.717) is 23.6 Å². The van der Waals surface area contributed by atoms with Crippen LogP contribution in [0.15, 0.2) is 72.2 Å². The zero-order valence-corrected chi connectivity index (χ0v) is 18.6. The number of rotatable bonds is 6. The number of piperazine rings is 1. The van der Waals surface area contributed by atoms with Crippen molar-refractivity contribution in [1.29, 1.82) is 0 Å². The van der Waals surface area contributed by atoms with E-state index in [4.69, 9.17) is 0 Å². The average Bonchev–Trinajstić information content (AvgIpc) is 3.08. The molecule has 32 heavy (non-hydrogen) atoms. The molecule has 0 radical (unpaired) electrons. The van der Waals surface area contributed by atoms with Gasteiger partial charge >= 0.3 is 0 Å². The van der Waals surface area contributed by atoms with Gasteiger partial charge in [-0.15, -0.1) is 6.58 Å². The Morgan fingerprint density at radius 2 is 1.66 bits per heavy atom. The summed E-state index contributed by atoms with van der Waals surface area (Å²) in [6, 6.07) is 16.6. The van der Waals surface area contributed by atoms with Crippen molar-refractivity contribution in [2.45, 2.75) is 6.54 Å². The molecule has 0 aromatic heterocycles. The lowest BCUT2D eigenvalue weighted by molar-refractivity contribution is -0.123. The Labute approximate surface area is 192 Å². The lowest BCUT2D eigenvalue weighted by atomic mass is 10.1. The Morgan fingerprint density at radius 1 is 0.969 bits per heavy atom. The Kier molecular flexibility index (Phi) is 6.87. The Balaban J connectivity index is 1.40. The van der Waals surface area contributed by atoms with Crippen molar-refractivity contribution < 1.29 is 14.4 Å². The Bertz CT molecular complexity index is 1040. The molecule has 0 atom stereocenters. The first kappa shape index (κ1) is 22.0. The number of carbonyl (C=O) groups is 3. The normalized spacial score (nSPS) is 18.4. The maximum atomic E-state index is 12.8. The summed E-state index contributed by atoms with van der Waals surface area (Å²) < 4.78 is 0. The molecule has 2 heterocycles. The molecule has 2 aliphatic rings. The molecule has 2 fully saturated rings. The fraction of sp³-hybridized carbons (Fsp3) is 0.240. The molecule has 0 spiro atoms. The van der Waals surface area contributed by atoms with E-state index in [1.165, 1.54) is 4.90 Å². The van der Waals surface area contributed by atoms with Crippen LogP contribution >= 0.6 is 11.8 Å². The fourth-order valence-corrected chi connectivity index (χ4v) is 4.61. The van der Waals surface area contributed by atoms with Crippen LogP contribution in [0.3, 0.4) is 0 Å². The molecule has 2 aromatic carbocycles. The number of hydrogen-bond donors (Lipinski definition) is 0. The summed E-state index contributed by atoms with van der Waals surface area (Å²) in [6.07, 6.45) is 3.59. The maximum Gasteiger partial charge on any atom is 0.293 e. The molecule has 164 valence electrons. The molecule has 2 aromatic rings. The van der Waals surface area contributed by atoms with Gasteiger partial charge in [0.15, 0.2) is 0 Å². The van der Waals surface area contributed by atoms with E-state index in [1.807, 2.05) is 53.4 Å². The summed E-state index contributed by atoms with van der Waals surface area (Å²) in [6.45, 7) is 7.94. The number of imide groups is 1. The van der Waals surface area contributed by atoms with Crippen molar-refractivity contribution >= 4 is 34.9 Å². The minimum absolute atomic E-state index is 0.0120. The zero-order chi connectivity index (χ0) is 22.5. The molecule has 7 heteroatoms. The largest absolute Gasteiger partial charge is 0.336 e. The first-order valence-corrected chi connectivity index (χ1v) is 11.4. The highest BCUT2D eigenvalue weighted by molar-refractivity contribution is 8.18. The van der Waals surface area contributed by atoms with E-state index in [1.54, 1.807) is 18.2 Å². The molecule has 0 saturated carbocycles. The van der Waals surface area contributed by atoms with E-state index < -0.39 is 0 Å². The number of nitrogens with zero attached hydrogens (tertiary/aromatic N) is 3. The minimum Gasteiger partial charge on any atom is -0.336 e. The van der Waals surface area contributed by atoms with Crippen molar-refractivity contribution in [2.75, 3.05) is 32.7 Å². The number of hydrogen-bond acceptors (Lipinski definition) is 5. The van der Waals surface area contributed by atoms with Crippen LogP contribution in [0.1, 0.15) is 21.5 Å². The van der Waals surface area contributed by atoms with Crippen molar-refractivity contribution in [3.8, 4) is 0 Å². The predicted octanol–water partition coefficient (Wildman–Crippen LogP) is 3.87. The smallest absolute Gasteiger partial charge is 0.293 e. The molecule has 0 N–H and O–H groups in total.